The number of phenols is 1. The van der Waals surface area contributed by atoms with E-state index in [0.29, 0.717) is 0 Å². The third-order valence-corrected chi connectivity index (χ3v) is 3.77. The summed E-state index contributed by atoms with van der Waals surface area (Å²) in [6, 6.07) is 3.95. The van der Waals surface area contributed by atoms with Crippen molar-refractivity contribution in [1.82, 2.24) is 4.90 Å². The number of aromatic hydroxyl groups is 1. The lowest BCUT2D eigenvalue weighted by molar-refractivity contribution is -0.124. The number of nitrogens with zero attached hydrogens (tertiary/aromatic N) is 2. The molecule has 0 aromatic heterocycles. The first kappa shape index (κ1) is 21.6. The van der Waals surface area contributed by atoms with E-state index >= 15 is 0 Å². The van der Waals surface area contributed by atoms with Gasteiger partial charge in [-0.1, -0.05) is 35.0 Å². The molecule has 1 rings (SSSR count). The Labute approximate surface area is 160 Å². The average Bonchev–Trinajstić information content (AvgIpc) is 2.62. The summed E-state index contributed by atoms with van der Waals surface area (Å²) in [6.45, 7) is -0.483. The third kappa shape index (κ3) is 5.55. The van der Waals surface area contributed by atoms with Gasteiger partial charge in [-0.2, -0.15) is 5.26 Å². The number of benzene rings is 1. The minimum Gasteiger partial charge on any atom is -0.506 e. The highest BCUT2D eigenvalue weighted by atomic mass is 35.5. The fourth-order valence-corrected chi connectivity index (χ4v) is 2.23. The molecule has 1 amide bonds. The van der Waals surface area contributed by atoms with Crippen molar-refractivity contribution in [3.05, 3.63) is 33.3 Å². The van der Waals surface area contributed by atoms with Crippen LogP contribution in [0.4, 0.5) is 0 Å². The maximum absolute atomic E-state index is 12.3. The van der Waals surface area contributed by atoms with Crippen molar-refractivity contribution in [3.63, 3.8) is 0 Å². The molecule has 0 bridgehead atoms. The summed E-state index contributed by atoms with van der Waals surface area (Å²) in [7, 11) is 1.38. The molecule has 0 saturated heterocycles. The van der Waals surface area contributed by atoms with E-state index in [0.717, 1.165) is 4.90 Å². The summed E-state index contributed by atoms with van der Waals surface area (Å²) < 4.78 is 0. The molecule has 1 aromatic carbocycles. The number of carbonyl (C=O) groups excluding carboxylic acids is 1. The van der Waals surface area contributed by atoms with E-state index in [1.54, 1.807) is 6.07 Å². The van der Waals surface area contributed by atoms with Crippen LogP contribution < -0.4 is 0 Å². The smallest absolute Gasteiger partial charge is 0.268 e. The van der Waals surface area contributed by atoms with Crippen LogP contribution in [0.2, 0.25) is 10.0 Å². The molecule has 0 spiro atoms. The summed E-state index contributed by atoms with van der Waals surface area (Å²) >= 11 is 11.5. The molecule has 4 N–H and O–H groups in total. The second-order valence-electron chi connectivity index (χ2n) is 5.18. The quantitative estimate of drug-likeness (QED) is 0.259. The van der Waals surface area contributed by atoms with Crippen molar-refractivity contribution < 1.29 is 25.2 Å². The van der Waals surface area contributed by atoms with E-state index < -0.39 is 30.0 Å². The topological polar surface area (TPSA) is 125 Å². The molecule has 0 radical (unpaired) electrons. The number of rotatable bonds is 5. The zero-order valence-electron chi connectivity index (χ0n) is 13.7. The van der Waals surface area contributed by atoms with Gasteiger partial charge in [0.1, 0.15) is 11.8 Å². The molecule has 26 heavy (non-hydrogen) atoms. The van der Waals surface area contributed by atoms with Crippen LogP contribution in [0, 0.1) is 23.2 Å². The number of hydrogen-bond acceptors (Lipinski definition) is 6. The Kier molecular flexibility index (Phi) is 8.24. The molecule has 0 aliphatic carbocycles. The largest absolute Gasteiger partial charge is 0.506 e. The third-order valence-electron chi connectivity index (χ3n) is 3.19. The summed E-state index contributed by atoms with van der Waals surface area (Å²) in [5.74, 6) is 3.38. The highest BCUT2D eigenvalue weighted by Gasteiger charge is 2.21. The Morgan fingerprint density at radius 2 is 1.88 bits per heavy atom. The Bertz CT molecular complexity index is 798. The predicted octanol–water partition coefficient (Wildman–Crippen LogP) is 1.70. The van der Waals surface area contributed by atoms with Gasteiger partial charge in [-0.25, -0.2) is 0 Å². The molecule has 0 fully saturated rings. The molecule has 1 aromatic rings. The van der Waals surface area contributed by atoms with Gasteiger partial charge >= 0.3 is 0 Å². The van der Waals surface area contributed by atoms with Crippen LogP contribution in [0.3, 0.4) is 0 Å². The minimum absolute atomic E-state index is 0.00625. The number of halogens is 2. The van der Waals surface area contributed by atoms with E-state index in [9.17, 15) is 20.3 Å². The van der Waals surface area contributed by atoms with Crippen molar-refractivity contribution in [2.24, 2.45) is 0 Å². The predicted molar refractivity (Wildman–Crippen MR) is 96.4 cm³/mol. The second-order valence-corrected chi connectivity index (χ2v) is 5.99. The monoisotopic (exact) mass is 398 g/mol. The summed E-state index contributed by atoms with van der Waals surface area (Å²) in [5.41, 5.74) is -0.559. The van der Waals surface area contributed by atoms with Gasteiger partial charge in [-0.05, 0) is 12.1 Å². The highest BCUT2D eigenvalue weighted by molar-refractivity contribution is 6.37. The van der Waals surface area contributed by atoms with Gasteiger partial charge in [0.25, 0.3) is 5.91 Å². The molecular formula is C17H16Cl2N2O5. The van der Waals surface area contributed by atoms with Crippen LogP contribution in [0.15, 0.2) is 17.7 Å². The first-order valence-electron chi connectivity index (χ1n) is 7.24. The van der Waals surface area contributed by atoms with E-state index in [1.165, 1.54) is 19.2 Å². The number of amides is 1. The van der Waals surface area contributed by atoms with Gasteiger partial charge in [0.05, 0.1) is 29.3 Å². The number of hydrogen-bond donors (Lipinski definition) is 4. The Morgan fingerprint density at radius 1 is 1.31 bits per heavy atom. The van der Waals surface area contributed by atoms with E-state index in [2.05, 4.69) is 11.8 Å². The van der Waals surface area contributed by atoms with Crippen LogP contribution in [0.25, 0.3) is 5.76 Å². The number of aliphatic hydroxyl groups is 3. The van der Waals surface area contributed by atoms with E-state index in [1.807, 2.05) is 0 Å². The maximum Gasteiger partial charge on any atom is 0.268 e. The molecule has 7 nitrogen and oxygen atoms in total. The van der Waals surface area contributed by atoms with Crippen molar-refractivity contribution in [3.8, 4) is 23.7 Å². The molecule has 0 aliphatic heterocycles. The maximum atomic E-state index is 12.3. The molecular weight excluding hydrogens is 383 g/mol. The van der Waals surface area contributed by atoms with Crippen LogP contribution in [-0.2, 0) is 4.79 Å². The number of aliphatic hydroxyl groups excluding tert-OH is 3. The van der Waals surface area contributed by atoms with E-state index in [4.69, 9.17) is 33.4 Å². The molecule has 138 valence electrons. The van der Waals surface area contributed by atoms with Gasteiger partial charge in [-0.3, -0.25) is 4.79 Å². The van der Waals surface area contributed by atoms with Crippen molar-refractivity contribution in [2.75, 3.05) is 20.2 Å². The van der Waals surface area contributed by atoms with Gasteiger partial charge in [0.2, 0.25) is 0 Å². The highest BCUT2D eigenvalue weighted by Crippen LogP contribution is 2.35. The average molecular weight is 399 g/mol. The Balaban J connectivity index is 3.03. The molecule has 0 saturated carbocycles. The second kappa shape index (κ2) is 9.91. The lowest BCUT2D eigenvalue weighted by Crippen LogP contribution is -2.28. The lowest BCUT2D eigenvalue weighted by atomic mass is 10.1. The number of phenolic OH excluding ortho intramolecular Hbond substituents is 1. The zero-order valence-corrected chi connectivity index (χ0v) is 15.2. The first-order valence-corrected chi connectivity index (χ1v) is 8.00. The Hall–Kier alpha value is -2.42. The number of likely N-dealkylation sites (N-methyl/N-ethyl adjacent to an activating group) is 1. The van der Waals surface area contributed by atoms with Crippen LogP contribution in [0.1, 0.15) is 12.0 Å². The van der Waals surface area contributed by atoms with Crippen LogP contribution in [0.5, 0.6) is 5.75 Å². The van der Waals surface area contributed by atoms with Gasteiger partial charge in [-0.15, -0.1) is 0 Å². The zero-order chi connectivity index (χ0) is 19.9. The van der Waals surface area contributed by atoms with Crippen LogP contribution >= 0.6 is 23.2 Å². The Morgan fingerprint density at radius 3 is 2.38 bits per heavy atom. The van der Waals surface area contributed by atoms with Gasteiger partial charge < -0.3 is 25.3 Å². The summed E-state index contributed by atoms with van der Waals surface area (Å²) in [4.78, 5) is 13.4. The molecule has 1 atom stereocenters. The fourth-order valence-electron chi connectivity index (χ4n) is 1.74. The summed E-state index contributed by atoms with van der Waals surface area (Å²) in [5, 5.41) is 46.5. The standard InChI is InChI=1S/C17H16Cl2N2O5/c1-21(5-3-2-4-11(23)9-22)17(26)12(8-20)15(24)10-6-13(18)16(25)14(19)7-10/h6-7,11,22-25H,4-5,9H2,1H3/b15-12-. The first-order chi connectivity index (χ1) is 12.2. The van der Waals surface area contributed by atoms with Crippen LogP contribution in [-0.4, -0.2) is 57.5 Å². The fraction of sp³-hybridized carbons (Fsp3) is 0.294. The normalized spacial score (nSPS) is 12.3. The van der Waals surface area contributed by atoms with Crippen molar-refractivity contribution >= 4 is 34.9 Å². The van der Waals surface area contributed by atoms with Crippen molar-refractivity contribution in [2.45, 2.75) is 12.5 Å². The van der Waals surface area contributed by atoms with Gasteiger partial charge in [0.15, 0.2) is 11.3 Å². The molecule has 0 aliphatic rings. The number of carbonyl (C=O) groups is 1. The summed E-state index contributed by atoms with van der Waals surface area (Å²) in [6.07, 6.45) is -0.930. The van der Waals surface area contributed by atoms with Gasteiger partial charge in [0, 0.05) is 19.0 Å². The van der Waals surface area contributed by atoms with E-state index in [-0.39, 0.29) is 34.3 Å². The minimum atomic E-state index is -0.967. The molecule has 1 unspecified atom stereocenters. The lowest BCUT2D eigenvalue weighted by Gasteiger charge is -2.14. The number of nitriles is 1. The SMILES string of the molecule is CN(CC#CCC(O)CO)C(=O)/C(C#N)=C(\O)c1cc(Cl)c(O)c(Cl)c1. The van der Waals surface area contributed by atoms with Crippen molar-refractivity contribution in [1.29, 1.82) is 5.26 Å². The molecule has 9 heteroatoms. The molecule has 0 heterocycles.